The van der Waals surface area contributed by atoms with Crippen LogP contribution in [0.1, 0.15) is 43.8 Å². The number of halogens is 1. The van der Waals surface area contributed by atoms with E-state index in [2.05, 4.69) is 53.1 Å². The maximum Gasteiger partial charge on any atom is 0.0697 e. The highest BCUT2D eigenvalue weighted by Gasteiger charge is 2.13. The molecule has 2 aromatic rings. The van der Waals surface area contributed by atoms with Gasteiger partial charge in [0.1, 0.15) is 0 Å². The summed E-state index contributed by atoms with van der Waals surface area (Å²) in [6.07, 6.45) is 1.91. The molecular weight excluding hydrogens is 302 g/mol. The van der Waals surface area contributed by atoms with Gasteiger partial charge < -0.3 is 5.73 Å². The molecule has 0 aliphatic heterocycles. The molecule has 1 aromatic heterocycles. The lowest BCUT2D eigenvalue weighted by Crippen LogP contribution is -2.12. The molecule has 1 atom stereocenters. The van der Waals surface area contributed by atoms with E-state index in [0.717, 1.165) is 34.3 Å². The van der Waals surface area contributed by atoms with Gasteiger partial charge in [0.2, 0.25) is 0 Å². The van der Waals surface area contributed by atoms with Crippen molar-refractivity contribution in [1.29, 1.82) is 0 Å². The summed E-state index contributed by atoms with van der Waals surface area (Å²) >= 11 is 3.51. The van der Waals surface area contributed by atoms with Crippen LogP contribution in [0.2, 0.25) is 0 Å². The first-order valence-electron chi connectivity index (χ1n) is 6.70. The monoisotopic (exact) mass is 321 g/mol. The van der Waals surface area contributed by atoms with E-state index in [1.807, 2.05) is 17.7 Å². The van der Waals surface area contributed by atoms with Gasteiger partial charge in [-0.3, -0.25) is 0 Å². The van der Waals surface area contributed by atoms with Gasteiger partial charge in [-0.15, -0.1) is 0 Å². The molecule has 3 nitrogen and oxygen atoms in total. The lowest BCUT2D eigenvalue weighted by molar-refractivity contribution is 0.749. The molecule has 2 N–H and O–H groups in total. The maximum absolute atomic E-state index is 6.09. The maximum atomic E-state index is 6.09. The third kappa shape index (κ3) is 2.90. The van der Waals surface area contributed by atoms with Crippen molar-refractivity contribution in [3.63, 3.8) is 0 Å². The molecule has 0 spiro atoms. The van der Waals surface area contributed by atoms with Gasteiger partial charge in [-0.1, -0.05) is 29.8 Å². The van der Waals surface area contributed by atoms with Crippen molar-refractivity contribution in [3.8, 4) is 5.69 Å². The first kappa shape index (κ1) is 14.3. The van der Waals surface area contributed by atoms with Gasteiger partial charge in [0.25, 0.3) is 0 Å². The Kier molecular flexibility index (Phi) is 4.42. The van der Waals surface area contributed by atoms with Crippen molar-refractivity contribution in [2.45, 2.75) is 39.7 Å². The fraction of sp³-hybridized carbons (Fsp3) is 0.400. The molecule has 0 aliphatic carbocycles. The SMILES string of the molecule is CCc1cc(CC)n(-c2ccc(Br)cc2C(C)N)n1. The molecule has 19 heavy (non-hydrogen) atoms. The van der Waals surface area contributed by atoms with Gasteiger partial charge >= 0.3 is 0 Å². The first-order chi connectivity index (χ1) is 9.06. The fourth-order valence-electron chi connectivity index (χ4n) is 2.19. The van der Waals surface area contributed by atoms with Crippen LogP contribution >= 0.6 is 15.9 Å². The Hall–Kier alpha value is -1.13. The first-order valence-corrected chi connectivity index (χ1v) is 7.49. The fourth-order valence-corrected chi connectivity index (χ4v) is 2.57. The molecule has 0 amide bonds. The average Bonchev–Trinajstić information content (AvgIpc) is 2.81. The van der Waals surface area contributed by atoms with Crippen LogP contribution in [0, 0.1) is 0 Å². The van der Waals surface area contributed by atoms with Crippen molar-refractivity contribution in [1.82, 2.24) is 9.78 Å². The number of hydrogen-bond donors (Lipinski definition) is 1. The number of aromatic nitrogens is 2. The summed E-state index contributed by atoms with van der Waals surface area (Å²) in [7, 11) is 0. The summed E-state index contributed by atoms with van der Waals surface area (Å²) in [5.74, 6) is 0. The number of nitrogens with zero attached hydrogens (tertiary/aromatic N) is 2. The molecule has 4 heteroatoms. The number of hydrogen-bond acceptors (Lipinski definition) is 2. The predicted octanol–water partition coefficient (Wildman–Crippen LogP) is 3.78. The molecule has 0 saturated carbocycles. The summed E-state index contributed by atoms with van der Waals surface area (Å²) in [6.45, 7) is 6.28. The van der Waals surface area contributed by atoms with E-state index in [-0.39, 0.29) is 6.04 Å². The highest BCUT2D eigenvalue weighted by Crippen LogP contribution is 2.25. The minimum absolute atomic E-state index is 0.0218. The Morgan fingerprint density at radius 3 is 2.58 bits per heavy atom. The summed E-state index contributed by atoms with van der Waals surface area (Å²) in [4.78, 5) is 0. The van der Waals surface area contributed by atoms with Gasteiger partial charge in [0, 0.05) is 16.2 Å². The summed E-state index contributed by atoms with van der Waals surface area (Å²) in [5.41, 5.74) is 10.6. The van der Waals surface area contributed by atoms with E-state index in [1.54, 1.807) is 0 Å². The van der Waals surface area contributed by atoms with Crippen LogP contribution in [0.4, 0.5) is 0 Å². The molecule has 1 heterocycles. The van der Waals surface area contributed by atoms with Crippen LogP contribution < -0.4 is 5.73 Å². The highest BCUT2D eigenvalue weighted by atomic mass is 79.9. The molecule has 0 radical (unpaired) electrons. The zero-order valence-electron chi connectivity index (χ0n) is 11.7. The summed E-state index contributed by atoms with van der Waals surface area (Å²) in [6, 6.07) is 8.34. The van der Waals surface area contributed by atoms with Gasteiger partial charge in [0.15, 0.2) is 0 Å². The Morgan fingerprint density at radius 2 is 2.00 bits per heavy atom. The smallest absolute Gasteiger partial charge is 0.0697 e. The third-order valence-corrected chi connectivity index (χ3v) is 3.76. The number of nitrogens with two attached hydrogens (primary N) is 1. The van der Waals surface area contributed by atoms with Crippen LogP contribution in [-0.4, -0.2) is 9.78 Å². The van der Waals surface area contributed by atoms with E-state index in [9.17, 15) is 0 Å². The number of rotatable bonds is 4. The van der Waals surface area contributed by atoms with Crippen LogP contribution in [0.3, 0.4) is 0 Å². The Morgan fingerprint density at radius 1 is 1.26 bits per heavy atom. The van der Waals surface area contributed by atoms with E-state index in [1.165, 1.54) is 5.69 Å². The Bertz CT molecular complexity index is 573. The summed E-state index contributed by atoms with van der Waals surface area (Å²) in [5, 5.41) is 4.69. The van der Waals surface area contributed by atoms with E-state index < -0.39 is 0 Å². The highest BCUT2D eigenvalue weighted by molar-refractivity contribution is 9.10. The minimum Gasteiger partial charge on any atom is -0.324 e. The van der Waals surface area contributed by atoms with E-state index in [0.29, 0.717) is 0 Å². The molecule has 1 aromatic carbocycles. The van der Waals surface area contributed by atoms with Crippen molar-refractivity contribution >= 4 is 15.9 Å². The zero-order valence-corrected chi connectivity index (χ0v) is 13.2. The zero-order chi connectivity index (χ0) is 14.0. The quantitative estimate of drug-likeness (QED) is 0.931. The number of aryl methyl sites for hydroxylation is 2. The van der Waals surface area contributed by atoms with Crippen molar-refractivity contribution < 1.29 is 0 Å². The average molecular weight is 322 g/mol. The summed E-state index contributed by atoms with van der Waals surface area (Å²) < 4.78 is 3.08. The van der Waals surface area contributed by atoms with Gasteiger partial charge in [-0.25, -0.2) is 4.68 Å². The largest absolute Gasteiger partial charge is 0.324 e. The van der Waals surface area contributed by atoms with Gasteiger partial charge in [0.05, 0.1) is 11.4 Å². The molecule has 2 rings (SSSR count). The molecule has 0 saturated heterocycles. The van der Waals surface area contributed by atoms with Crippen LogP contribution in [0.5, 0.6) is 0 Å². The lowest BCUT2D eigenvalue weighted by atomic mass is 10.1. The molecule has 0 bridgehead atoms. The standard InChI is InChI=1S/C15H20BrN3/c1-4-12-9-13(5-2)19(18-12)15-7-6-11(16)8-14(15)10(3)17/h6-10H,4-5,17H2,1-3H3. The number of benzene rings is 1. The molecule has 0 aliphatic rings. The molecule has 102 valence electrons. The topological polar surface area (TPSA) is 43.8 Å². The Labute approximate surface area is 122 Å². The van der Waals surface area contributed by atoms with Crippen LogP contribution in [-0.2, 0) is 12.8 Å². The van der Waals surface area contributed by atoms with Crippen LogP contribution in [0.15, 0.2) is 28.7 Å². The molecular formula is C15H20BrN3. The van der Waals surface area contributed by atoms with E-state index >= 15 is 0 Å². The van der Waals surface area contributed by atoms with E-state index in [4.69, 9.17) is 5.73 Å². The van der Waals surface area contributed by atoms with Crippen molar-refractivity contribution in [3.05, 3.63) is 45.7 Å². The lowest BCUT2D eigenvalue weighted by Gasteiger charge is -2.15. The third-order valence-electron chi connectivity index (χ3n) is 3.27. The van der Waals surface area contributed by atoms with Gasteiger partial charge in [-0.05, 0) is 49.6 Å². The molecule has 0 fully saturated rings. The second-order valence-corrected chi connectivity index (χ2v) is 5.65. The normalized spacial score (nSPS) is 12.7. The molecule has 1 unspecified atom stereocenters. The van der Waals surface area contributed by atoms with Crippen LogP contribution in [0.25, 0.3) is 5.69 Å². The Balaban J connectivity index is 2.60. The second kappa shape index (κ2) is 5.88. The minimum atomic E-state index is -0.0218. The van der Waals surface area contributed by atoms with Crippen molar-refractivity contribution in [2.75, 3.05) is 0 Å². The van der Waals surface area contributed by atoms with Crippen molar-refractivity contribution in [2.24, 2.45) is 5.73 Å². The second-order valence-electron chi connectivity index (χ2n) is 4.74. The van der Waals surface area contributed by atoms with Gasteiger partial charge in [-0.2, -0.15) is 5.10 Å². The predicted molar refractivity (Wildman–Crippen MR) is 82.6 cm³/mol.